The molecule has 3 aromatic rings. The number of carbonyl (C=O) groups is 1. The van der Waals surface area contributed by atoms with E-state index in [0.29, 0.717) is 5.82 Å². The molecule has 3 heterocycles. The molecule has 0 atom stereocenters. The Bertz CT molecular complexity index is 893. The van der Waals surface area contributed by atoms with Gasteiger partial charge >= 0.3 is 0 Å². The van der Waals surface area contributed by atoms with Gasteiger partial charge in [-0.2, -0.15) is 0 Å². The van der Waals surface area contributed by atoms with Gasteiger partial charge in [0.1, 0.15) is 11.2 Å². The van der Waals surface area contributed by atoms with Crippen LogP contribution in [0.3, 0.4) is 0 Å². The van der Waals surface area contributed by atoms with Gasteiger partial charge in [0, 0.05) is 4.88 Å². The zero-order chi connectivity index (χ0) is 14.4. The molecule has 0 saturated heterocycles. The van der Waals surface area contributed by atoms with Crippen molar-refractivity contribution in [1.29, 1.82) is 0 Å². The lowest BCUT2D eigenvalue weighted by Crippen LogP contribution is -2.18. The molecule has 7 heteroatoms. The Morgan fingerprint density at radius 2 is 2.24 bits per heavy atom. The van der Waals surface area contributed by atoms with Gasteiger partial charge in [0.2, 0.25) is 0 Å². The van der Waals surface area contributed by atoms with Crippen molar-refractivity contribution in [1.82, 2.24) is 19.6 Å². The number of hydrogen-bond donors (Lipinski definition) is 0. The highest BCUT2D eigenvalue weighted by Gasteiger charge is 2.20. The summed E-state index contributed by atoms with van der Waals surface area (Å²) in [5.41, 5.74) is 2.08. The molecule has 0 unspecified atom stereocenters. The third-order valence-electron chi connectivity index (χ3n) is 3.68. The first-order valence-electron chi connectivity index (χ1n) is 6.77. The van der Waals surface area contributed by atoms with E-state index in [1.165, 1.54) is 29.4 Å². The molecule has 1 aliphatic carbocycles. The number of rotatable bonds is 2. The molecule has 0 radical (unpaired) electrons. The fraction of sp³-hybridized carbons (Fsp3) is 0.286. The van der Waals surface area contributed by atoms with Crippen molar-refractivity contribution in [2.75, 3.05) is 0 Å². The predicted molar refractivity (Wildman–Crippen MR) is 76.8 cm³/mol. The Hall–Kier alpha value is -2.28. The van der Waals surface area contributed by atoms with Gasteiger partial charge in [-0.3, -0.25) is 0 Å². The first kappa shape index (κ1) is 12.5. The van der Waals surface area contributed by atoms with Crippen LogP contribution in [0.15, 0.2) is 12.4 Å². The van der Waals surface area contributed by atoms with Crippen LogP contribution in [0.5, 0.6) is 0 Å². The van der Waals surface area contributed by atoms with Crippen LogP contribution < -0.4 is 5.11 Å². The molecule has 0 N–H and O–H groups in total. The van der Waals surface area contributed by atoms with E-state index in [4.69, 9.17) is 0 Å². The molecule has 0 aromatic carbocycles. The summed E-state index contributed by atoms with van der Waals surface area (Å²) in [6.07, 6.45) is 8.47. The number of aryl methyl sites for hydroxylation is 2. The Balaban J connectivity index is 1.95. The van der Waals surface area contributed by atoms with E-state index < -0.39 is 5.97 Å². The van der Waals surface area contributed by atoms with Crippen LogP contribution in [0, 0.1) is 0 Å². The number of fused-ring (bicyclic) bond motifs is 5. The normalized spacial score (nSPS) is 15.0. The molecule has 21 heavy (non-hydrogen) atoms. The van der Waals surface area contributed by atoms with Crippen LogP contribution in [-0.4, -0.2) is 25.6 Å². The number of carboxylic acids is 1. The molecule has 1 aliphatic rings. The van der Waals surface area contributed by atoms with Crippen molar-refractivity contribution < 1.29 is 9.90 Å². The maximum atomic E-state index is 10.5. The largest absolute Gasteiger partial charge is 0.545 e. The third kappa shape index (κ3) is 2.01. The number of carbonyl (C=O) groups excluding carboxylic acids is 1. The van der Waals surface area contributed by atoms with E-state index in [1.54, 1.807) is 22.2 Å². The van der Waals surface area contributed by atoms with Crippen molar-refractivity contribution >= 4 is 39.2 Å². The molecule has 6 nitrogen and oxygen atoms in total. The van der Waals surface area contributed by atoms with Crippen LogP contribution in [0.1, 0.15) is 29.1 Å². The third-order valence-corrected chi connectivity index (χ3v) is 4.88. The maximum Gasteiger partial charge on any atom is 0.175 e. The van der Waals surface area contributed by atoms with Crippen molar-refractivity contribution in [2.45, 2.75) is 25.7 Å². The molecule has 0 spiro atoms. The van der Waals surface area contributed by atoms with Crippen LogP contribution in [0.25, 0.3) is 21.9 Å². The second-order valence-corrected chi connectivity index (χ2v) is 6.11. The second kappa shape index (κ2) is 4.63. The minimum Gasteiger partial charge on any atom is -0.545 e. The molecule has 0 aliphatic heterocycles. The predicted octanol–water partition coefficient (Wildman–Crippen LogP) is 0.981. The van der Waals surface area contributed by atoms with Gasteiger partial charge in [-0.05, 0) is 43.4 Å². The summed E-state index contributed by atoms with van der Waals surface area (Å²) in [7, 11) is 0. The average Bonchev–Trinajstić information content (AvgIpc) is 3.04. The Kier molecular flexibility index (Phi) is 2.75. The molecule has 4 rings (SSSR count). The van der Waals surface area contributed by atoms with Crippen molar-refractivity contribution in [2.24, 2.45) is 0 Å². The van der Waals surface area contributed by atoms with Crippen molar-refractivity contribution in [3.63, 3.8) is 0 Å². The van der Waals surface area contributed by atoms with Crippen LogP contribution in [0.4, 0.5) is 0 Å². The fourth-order valence-corrected chi connectivity index (χ4v) is 4.01. The first-order valence-corrected chi connectivity index (χ1v) is 7.59. The van der Waals surface area contributed by atoms with E-state index in [-0.39, 0.29) is 0 Å². The van der Waals surface area contributed by atoms with E-state index in [2.05, 4.69) is 15.1 Å². The number of nitrogens with zero attached hydrogens (tertiary/aromatic N) is 4. The minimum absolute atomic E-state index is 0.351. The Morgan fingerprint density at radius 1 is 1.38 bits per heavy atom. The average molecular weight is 299 g/mol. The number of carboxylic acid groups (broad SMARTS) is 1. The van der Waals surface area contributed by atoms with E-state index in [0.717, 1.165) is 34.8 Å². The highest BCUT2D eigenvalue weighted by atomic mass is 32.1. The number of hydrogen-bond acceptors (Lipinski definition) is 6. The Morgan fingerprint density at radius 3 is 3.10 bits per heavy atom. The Labute approximate surface area is 123 Å². The summed E-state index contributed by atoms with van der Waals surface area (Å²) in [6, 6.07) is 0. The lowest BCUT2D eigenvalue weighted by atomic mass is 9.97. The monoisotopic (exact) mass is 299 g/mol. The number of thiophene rings is 1. The molecule has 3 aromatic heterocycles. The fourth-order valence-electron chi connectivity index (χ4n) is 2.78. The molecule has 0 saturated carbocycles. The quantitative estimate of drug-likeness (QED) is 0.659. The highest BCUT2D eigenvalue weighted by molar-refractivity contribution is 7.19. The summed E-state index contributed by atoms with van der Waals surface area (Å²) >= 11 is 1.73. The van der Waals surface area contributed by atoms with Gasteiger partial charge in [0.05, 0.1) is 11.4 Å². The topological polar surface area (TPSA) is 83.2 Å². The zero-order valence-corrected chi connectivity index (χ0v) is 11.9. The molecule has 0 amide bonds. The maximum absolute atomic E-state index is 10.5. The van der Waals surface area contributed by atoms with E-state index in [9.17, 15) is 9.90 Å². The smallest absolute Gasteiger partial charge is 0.175 e. The first-order chi connectivity index (χ1) is 10.2. The summed E-state index contributed by atoms with van der Waals surface area (Å²) < 4.78 is 1.61. The highest BCUT2D eigenvalue weighted by Crippen LogP contribution is 2.36. The van der Waals surface area contributed by atoms with Crippen molar-refractivity contribution in [3.05, 3.63) is 28.7 Å². The lowest BCUT2D eigenvalue weighted by Gasteiger charge is -2.09. The van der Waals surface area contributed by atoms with Crippen LogP contribution in [-0.2, 0) is 17.6 Å². The van der Waals surface area contributed by atoms with E-state index in [1.807, 2.05) is 0 Å². The van der Waals surface area contributed by atoms with Gasteiger partial charge in [-0.1, -0.05) is 0 Å². The van der Waals surface area contributed by atoms with Gasteiger partial charge in [0.15, 0.2) is 11.5 Å². The summed E-state index contributed by atoms with van der Waals surface area (Å²) in [5.74, 6) is -0.908. The number of aromatic nitrogens is 4. The number of aliphatic carboxylic acids is 1. The van der Waals surface area contributed by atoms with Crippen LogP contribution in [0.2, 0.25) is 0 Å². The van der Waals surface area contributed by atoms with E-state index >= 15 is 0 Å². The lowest BCUT2D eigenvalue weighted by molar-refractivity contribution is -0.297. The molecule has 0 fully saturated rings. The van der Waals surface area contributed by atoms with Gasteiger partial charge in [0.25, 0.3) is 0 Å². The molecule has 106 valence electrons. The van der Waals surface area contributed by atoms with Gasteiger partial charge in [-0.25, -0.2) is 14.5 Å². The molecular weight excluding hydrogens is 288 g/mol. The van der Waals surface area contributed by atoms with Gasteiger partial charge in [-0.15, -0.1) is 16.4 Å². The summed E-state index contributed by atoms with van der Waals surface area (Å²) in [5, 5.41) is 15.8. The molecule has 0 bridgehead atoms. The zero-order valence-electron chi connectivity index (χ0n) is 11.1. The van der Waals surface area contributed by atoms with Gasteiger partial charge < -0.3 is 9.90 Å². The van der Waals surface area contributed by atoms with Crippen LogP contribution >= 0.6 is 11.3 Å². The summed E-state index contributed by atoms with van der Waals surface area (Å²) in [4.78, 5) is 21.7. The minimum atomic E-state index is -1.26. The second-order valence-electron chi connectivity index (χ2n) is 5.03. The van der Waals surface area contributed by atoms with Crippen molar-refractivity contribution in [3.8, 4) is 0 Å². The SMILES string of the molecule is O=C([O-])/C=C\c1nc2c3c4c(sc3ncn2n1)CCCC4. The summed E-state index contributed by atoms with van der Waals surface area (Å²) in [6.45, 7) is 0. The molecular formula is C14H11N4O2S-. The standard InChI is InChI=1S/C14H12N4O2S/c19-11(20)6-5-10-16-13-12-8-3-1-2-4-9(8)21-14(12)15-7-18(13)17-10/h5-7H,1-4H2,(H,19,20)/p-1/b6-5-.